The highest BCUT2D eigenvalue weighted by atomic mass is 32.2. The van der Waals surface area contributed by atoms with E-state index >= 15 is 0 Å². The summed E-state index contributed by atoms with van der Waals surface area (Å²) in [5.41, 5.74) is 0. The monoisotopic (exact) mass is 407 g/mol. The van der Waals surface area contributed by atoms with Crippen molar-refractivity contribution in [1.82, 2.24) is 14.5 Å². The summed E-state index contributed by atoms with van der Waals surface area (Å²) in [4.78, 5) is 15.4. The molecule has 6 nitrogen and oxygen atoms in total. The Balaban J connectivity index is 1.46. The minimum absolute atomic E-state index is 0.164. The maximum atomic E-state index is 12.9. The molecule has 2 aliphatic heterocycles. The first-order valence-electron chi connectivity index (χ1n) is 10.6. The topological polar surface area (TPSA) is 69.7 Å². The van der Waals surface area contributed by atoms with Crippen molar-refractivity contribution in [3.05, 3.63) is 30.3 Å². The Hall–Kier alpha value is -1.44. The van der Waals surface area contributed by atoms with E-state index < -0.39 is 16.1 Å². The number of sulfonamides is 1. The van der Waals surface area contributed by atoms with Crippen LogP contribution in [0.25, 0.3) is 0 Å². The second-order valence-corrected chi connectivity index (χ2v) is 9.86. The van der Waals surface area contributed by atoms with Gasteiger partial charge in [0.1, 0.15) is 6.04 Å². The van der Waals surface area contributed by atoms with E-state index in [9.17, 15) is 13.2 Å². The molecule has 3 rings (SSSR count). The third-order valence-corrected chi connectivity index (χ3v) is 7.89. The number of hydrogen-bond donors (Lipinski definition) is 1. The normalized spacial score (nSPS) is 24.3. The number of hydrogen-bond acceptors (Lipinski definition) is 4. The van der Waals surface area contributed by atoms with Crippen molar-refractivity contribution < 1.29 is 13.2 Å². The third kappa shape index (κ3) is 5.13. The van der Waals surface area contributed by atoms with Crippen molar-refractivity contribution in [2.75, 3.05) is 26.2 Å². The summed E-state index contributed by atoms with van der Waals surface area (Å²) in [7, 11) is -3.62. The maximum Gasteiger partial charge on any atom is 0.243 e. The van der Waals surface area contributed by atoms with Crippen LogP contribution in [0.5, 0.6) is 0 Å². The maximum absolute atomic E-state index is 12.9. The van der Waals surface area contributed by atoms with Crippen molar-refractivity contribution >= 4 is 15.9 Å². The van der Waals surface area contributed by atoms with Gasteiger partial charge in [0.25, 0.3) is 0 Å². The van der Waals surface area contributed by atoms with Crippen LogP contribution in [0.1, 0.15) is 51.9 Å². The molecule has 2 saturated heterocycles. The number of amides is 1. The molecule has 2 aliphatic rings. The first kappa shape index (κ1) is 21.3. The molecule has 1 amide bonds. The predicted molar refractivity (Wildman–Crippen MR) is 110 cm³/mol. The van der Waals surface area contributed by atoms with Gasteiger partial charge in [0.05, 0.1) is 4.90 Å². The number of nitrogens with zero attached hydrogens (tertiary/aromatic N) is 2. The van der Waals surface area contributed by atoms with E-state index in [-0.39, 0.29) is 10.8 Å². The van der Waals surface area contributed by atoms with Crippen LogP contribution in [-0.2, 0) is 14.8 Å². The van der Waals surface area contributed by atoms with Crippen LogP contribution in [0, 0.1) is 0 Å². The lowest BCUT2D eigenvalue weighted by atomic mass is 10.0. The highest BCUT2D eigenvalue weighted by Crippen LogP contribution is 2.26. The third-order valence-electron chi connectivity index (χ3n) is 5.97. The average molecular weight is 408 g/mol. The fourth-order valence-corrected chi connectivity index (χ4v) is 5.95. The van der Waals surface area contributed by atoms with E-state index in [1.165, 1.54) is 30.1 Å². The number of benzene rings is 1. The molecule has 0 saturated carbocycles. The van der Waals surface area contributed by atoms with Gasteiger partial charge in [-0.2, -0.15) is 4.31 Å². The minimum Gasteiger partial charge on any atom is -0.355 e. The van der Waals surface area contributed by atoms with Gasteiger partial charge in [-0.15, -0.1) is 0 Å². The van der Waals surface area contributed by atoms with Crippen LogP contribution in [0.4, 0.5) is 0 Å². The van der Waals surface area contributed by atoms with Crippen molar-refractivity contribution in [1.29, 1.82) is 0 Å². The Morgan fingerprint density at radius 1 is 1.07 bits per heavy atom. The predicted octanol–water partition coefficient (Wildman–Crippen LogP) is 2.61. The lowest BCUT2D eigenvalue weighted by molar-refractivity contribution is -0.124. The Bertz CT molecular complexity index is 739. The molecule has 2 atom stereocenters. The fourth-order valence-electron chi connectivity index (χ4n) is 4.28. The SMILES string of the molecule is C[C@@H]1CCCCN1CCCCNC(=O)[C@@H]1CCCN1S(=O)(=O)c1ccccc1. The summed E-state index contributed by atoms with van der Waals surface area (Å²) in [5.74, 6) is -0.164. The van der Waals surface area contributed by atoms with E-state index in [1.54, 1.807) is 30.3 Å². The number of carbonyl (C=O) groups is 1. The minimum atomic E-state index is -3.62. The summed E-state index contributed by atoms with van der Waals surface area (Å²) in [6.07, 6.45) is 7.19. The van der Waals surface area contributed by atoms with Crippen LogP contribution in [-0.4, -0.2) is 61.8 Å². The van der Waals surface area contributed by atoms with Gasteiger partial charge in [-0.1, -0.05) is 24.6 Å². The molecule has 2 heterocycles. The summed E-state index contributed by atoms with van der Waals surface area (Å²) in [6, 6.07) is 8.46. The molecular weight excluding hydrogens is 374 g/mol. The van der Waals surface area contributed by atoms with E-state index in [2.05, 4.69) is 17.1 Å². The summed E-state index contributed by atoms with van der Waals surface area (Å²) < 4.78 is 27.1. The first-order valence-corrected chi connectivity index (χ1v) is 12.0. The van der Waals surface area contributed by atoms with E-state index in [0.29, 0.717) is 25.6 Å². The summed E-state index contributed by atoms with van der Waals surface area (Å²) in [6.45, 7) is 5.57. The van der Waals surface area contributed by atoms with Gasteiger partial charge in [-0.3, -0.25) is 4.79 Å². The number of piperidine rings is 1. The molecule has 7 heteroatoms. The van der Waals surface area contributed by atoms with Gasteiger partial charge in [-0.25, -0.2) is 8.42 Å². The second-order valence-electron chi connectivity index (χ2n) is 7.97. The molecule has 1 aromatic rings. The number of carbonyl (C=O) groups excluding carboxylic acids is 1. The Kier molecular flexibility index (Phi) is 7.48. The van der Waals surface area contributed by atoms with Crippen LogP contribution in [0.2, 0.25) is 0 Å². The molecule has 0 aliphatic carbocycles. The summed E-state index contributed by atoms with van der Waals surface area (Å²) >= 11 is 0. The molecule has 0 radical (unpaired) electrons. The number of rotatable bonds is 8. The largest absolute Gasteiger partial charge is 0.355 e. The van der Waals surface area contributed by atoms with Crippen molar-refractivity contribution in [2.24, 2.45) is 0 Å². The van der Waals surface area contributed by atoms with Gasteiger partial charge < -0.3 is 10.2 Å². The van der Waals surface area contributed by atoms with E-state index in [1.807, 2.05) is 0 Å². The van der Waals surface area contributed by atoms with Gasteiger partial charge in [0, 0.05) is 19.1 Å². The van der Waals surface area contributed by atoms with Crippen molar-refractivity contribution in [3.63, 3.8) is 0 Å². The standard InChI is InChI=1S/C21H33N3O3S/c1-18-10-5-7-15-23(18)16-8-6-14-22-21(25)20-13-9-17-24(20)28(26,27)19-11-3-2-4-12-19/h2-4,11-12,18,20H,5-10,13-17H2,1H3,(H,22,25)/t18-,20+/m1/s1. The fraction of sp³-hybridized carbons (Fsp3) is 0.667. The summed E-state index contributed by atoms with van der Waals surface area (Å²) in [5, 5.41) is 2.96. The zero-order valence-corrected chi connectivity index (χ0v) is 17.7. The molecule has 156 valence electrons. The van der Waals surface area contributed by atoms with Crippen LogP contribution in [0.15, 0.2) is 35.2 Å². The van der Waals surface area contributed by atoms with Gasteiger partial charge in [0.15, 0.2) is 0 Å². The van der Waals surface area contributed by atoms with Gasteiger partial charge in [-0.05, 0) is 70.7 Å². The Labute approximate surface area is 169 Å². The smallest absolute Gasteiger partial charge is 0.243 e. The molecule has 2 fully saturated rings. The highest BCUT2D eigenvalue weighted by Gasteiger charge is 2.39. The number of nitrogens with one attached hydrogen (secondary N) is 1. The Morgan fingerprint density at radius 3 is 2.61 bits per heavy atom. The van der Waals surface area contributed by atoms with Gasteiger partial charge in [0.2, 0.25) is 15.9 Å². The van der Waals surface area contributed by atoms with E-state index in [0.717, 1.165) is 25.8 Å². The average Bonchev–Trinajstić information content (AvgIpc) is 3.20. The van der Waals surface area contributed by atoms with Crippen LogP contribution < -0.4 is 5.32 Å². The molecule has 1 N–H and O–H groups in total. The highest BCUT2D eigenvalue weighted by molar-refractivity contribution is 7.89. The van der Waals surface area contributed by atoms with Crippen molar-refractivity contribution in [3.8, 4) is 0 Å². The zero-order valence-electron chi connectivity index (χ0n) is 16.8. The molecule has 0 unspecified atom stereocenters. The molecule has 0 aromatic heterocycles. The van der Waals surface area contributed by atoms with Crippen LogP contribution >= 0.6 is 0 Å². The number of likely N-dealkylation sites (tertiary alicyclic amines) is 1. The second kappa shape index (κ2) is 9.85. The molecule has 0 bridgehead atoms. The molecule has 28 heavy (non-hydrogen) atoms. The number of unbranched alkanes of at least 4 members (excludes halogenated alkanes) is 1. The zero-order chi connectivity index (χ0) is 20.0. The quantitative estimate of drug-likeness (QED) is 0.673. The van der Waals surface area contributed by atoms with Gasteiger partial charge >= 0.3 is 0 Å². The Morgan fingerprint density at radius 2 is 1.86 bits per heavy atom. The molecule has 0 spiro atoms. The lowest BCUT2D eigenvalue weighted by Gasteiger charge is -2.33. The molecule has 1 aromatic carbocycles. The lowest BCUT2D eigenvalue weighted by Crippen LogP contribution is -2.46. The van der Waals surface area contributed by atoms with Crippen molar-refractivity contribution in [2.45, 2.75) is 68.8 Å². The first-order chi connectivity index (χ1) is 13.5. The molecular formula is C21H33N3O3S. The van der Waals surface area contributed by atoms with Crippen LogP contribution in [0.3, 0.4) is 0 Å². The van der Waals surface area contributed by atoms with E-state index in [4.69, 9.17) is 0 Å².